The van der Waals surface area contributed by atoms with Crippen LogP contribution in [0.2, 0.25) is 0 Å². The van der Waals surface area contributed by atoms with Gasteiger partial charge in [-0.1, -0.05) is 18.2 Å². The first-order valence-corrected chi connectivity index (χ1v) is 6.61. The van der Waals surface area contributed by atoms with Gasteiger partial charge in [-0.05, 0) is 13.0 Å². The van der Waals surface area contributed by atoms with Gasteiger partial charge in [0, 0.05) is 44.7 Å². The molecule has 4 nitrogen and oxygen atoms in total. The van der Waals surface area contributed by atoms with Crippen molar-refractivity contribution in [2.24, 2.45) is 7.05 Å². The molecule has 1 saturated heterocycles. The smallest absolute Gasteiger partial charge is 0.0843 e. The van der Waals surface area contributed by atoms with Crippen molar-refractivity contribution in [2.45, 2.75) is 19.5 Å². The fourth-order valence-corrected chi connectivity index (χ4v) is 2.72. The zero-order chi connectivity index (χ0) is 12.5. The lowest BCUT2D eigenvalue weighted by Crippen LogP contribution is -2.49. The molecular weight excluding hydrogens is 224 g/mol. The summed E-state index contributed by atoms with van der Waals surface area (Å²) in [7, 11) is 2.02. The minimum Gasteiger partial charge on any atom is -0.314 e. The average molecular weight is 244 g/mol. The van der Waals surface area contributed by atoms with Crippen molar-refractivity contribution < 1.29 is 0 Å². The van der Waals surface area contributed by atoms with E-state index in [0.717, 1.165) is 26.2 Å². The van der Waals surface area contributed by atoms with Crippen LogP contribution in [-0.2, 0) is 13.6 Å². The van der Waals surface area contributed by atoms with Crippen molar-refractivity contribution in [3.63, 3.8) is 0 Å². The third-order valence-corrected chi connectivity index (χ3v) is 3.83. The van der Waals surface area contributed by atoms with E-state index in [1.54, 1.807) is 0 Å². The molecular formula is C14H20N4. The quantitative estimate of drug-likeness (QED) is 0.866. The van der Waals surface area contributed by atoms with Crippen LogP contribution in [0.3, 0.4) is 0 Å². The first-order valence-electron chi connectivity index (χ1n) is 6.61. The van der Waals surface area contributed by atoms with Gasteiger partial charge >= 0.3 is 0 Å². The lowest BCUT2D eigenvalue weighted by atomic mass is 10.1. The molecule has 0 amide bonds. The van der Waals surface area contributed by atoms with Crippen LogP contribution < -0.4 is 5.32 Å². The standard InChI is InChI=1S/C14H20N4/c1-11-9-15-7-8-18(11)10-13-12-5-3-4-6-14(12)17(2)16-13/h3-6,11,15H,7-10H2,1-2H3/t11-/m0/s1. The summed E-state index contributed by atoms with van der Waals surface area (Å²) in [6.45, 7) is 6.48. The summed E-state index contributed by atoms with van der Waals surface area (Å²) in [5, 5.41) is 9.38. The number of nitrogens with zero attached hydrogens (tertiary/aromatic N) is 3. The van der Waals surface area contributed by atoms with Crippen LogP contribution in [0.1, 0.15) is 12.6 Å². The molecule has 0 aliphatic carbocycles. The fraction of sp³-hybridized carbons (Fsp3) is 0.500. The highest BCUT2D eigenvalue weighted by atomic mass is 15.3. The van der Waals surface area contributed by atoms with Crippen molar-refractivity contribution in [1.29, 1.82) is 0 Å². The van der Waals surface area contributed by atoms with Gasteiger partial charge in [-0.25, -0.2) is 0 Å². The molecule has 0 radical (unpaired) electrons. The Hall–Kier alpha value is -1.39. The Morgan fingerprint density at radius 3 is 3.06 bits per heavy atom. The van der Waals surface area contributed by atoms with E-state index >= 15 is 0 Å². The van der Waals surface area contributed by atoms with Crippen molar-refractivity contribution in [3.05, 3.63) is 30.0 Å². The Kier molecular flexibility index (Phi) is 3.06. The van der Waals surface area contributed by atoms with Gasteiger partial charge in [0.15, 0.2) is 0 Å². The number of para-hydroxylation sites is 1. The number of fused-ring (bicyclic) bond motifs is 1. The number of aryl methyl sites for hydroxylation is 1. The number of piperazine rings is 1. The monoisotopic (exact) mass is 244 g/mol. The topological polar surface area (TPSA) is 33.1 Å². The summed E-state index contributed by atoms with van der Waals surface area (Å²) in [5.74, 6) is 0. The molecule has 1 aromatic heterocycles. The maximum Gasteiger partial charge on any atom is 0.0843 e. The van der Waals surface area contributed by atoms with E-state index in [2.05, 4.69) is 46.5 Å². The van der Waals surface area contributed by atoms with Gasteiger partial charge in [0.05, 0.1) is 11.2 Å². The molecule has 1 N–H and O–H groups in total. The van der Waals surface area contributed by atoms with Crippen molar-refractivity contribution >= 4 is 10.9 Å². The van der Waals surface area contributed by atoms with E-state index in [9.17, 15) is 0 Å². The lowest BCUT2D eigenvalue weighted by Gasteiger charge is -2.33. The molecule has 1 aliphatic heterocycles. The van der Waals surface area contributed by atoms with Crippen molar-refractivity contribution in [2.75, 3.05) is 19.6 Å². The molecule has 2 heterocycles. The number of benzene rings is 1. The summed E-state index contributed by atoms with van der Waals surface area (Å²) in [6.07, 6.45) is 0. The summed E-state index contributed by atoms with van der Waals surface area (Å²) in [6, 6.07) is 9.05. The predicted octanol–water partition coefficient (Wildman–Crippen LogP) is 1.37. The van der Waals surface area contributed by atoms with E-state index < -0.39 is 0 Å². The van der Waals surface area contributed by atoms with Gasteiger partial charge in [-0.3, -0.25) is 9.58 Å². The second-order valence-corrected chi connectivity index (χ2v) is 5.11. The van der Waals surface area contributed by atoms with E-state index in [-0.39, 0.29) is 0 Å². The van der Waals surface area contributed by atoms with Gasteiger partial charge in [-0.15, -0.1) is 0 Å². The Morgan fingerprint density at radius 1 is 1.39 bits per heavy atom. The number of hydrogen-bond donors (Lipinski definition) is 1. The maximum absolute atomic E-state index is 4.67. The fourth-order valence-electron chi connectivity index (χ4n) is 2.72. The van der Waals surface area contributed by atoms with E-state index in [1.807, 2.05) is 11.7 Å². The number of aromatic nitrogens is 2. The molecule has 4 heteroatoms. The van der Waals surface area contributed by atoms with Crippen LogP contribution in [0.15, 0.2) is 24.3 Å². The van der Waals surface area contributed by atoms with Crippen molar-refractivity contribution in [3.8, 4) is 0 Å². The summed E-state index contributed by atoms with van der Waals surface area (Å²) in [5.41, 5.74) is 2.41. The third-order valence-electron chi connectivity index (χ3n) is 3.83. The van der Waals surface area contributed by atoms with Crippen LogP contribution in [0, 0.1) is 0 Å². The molecule has 0 unspecified atom stereocenters. The molecule has 0 spiro atoms. The van der Waals surface area contributed by atoms with Crippen molar-refractivity contribution in [1.82, 2.24) is 20.0 Å². The van der Waals surface area contributed by atoms with E-state index in [0.29, 0.717) is 6.04 Å². The van der Waals surface area contributed by atoms with Gasteiger partial charge in [0.1, 0.15) is 0 Å². The largest absolute Gasteiger partial charge is 0.314 e. The summed E-state index contributed by atoms with van der Waals surface area (Å²) < 4.78 is 1.98. The zero-order valence-electron chi connectivity index (χ0n) is 11.1. The highest BCUT2D eigenvalue weighted by Gasteiger charge is 2.20. The maximum atomic E-state index is 4.67. The number of nitrogens with one attached hydrogen (secondary N) is 1. The third kappa shape index (κ3) is 2.02. The minimum atomic E-state index is 0.583. The molecule has 0 bridgehead atoms. The van der Waals surface area contributed by atoms with Crippen LogP contribution in [0.4, 0.5) is 0 Å². The van der Waals surface area contributed by atoms with E-state index in [4.69, 9.17) is 0 Å². The predicted molar refractivity (Wildman–Crippen MR) is 73.5 cm³/mol. The van der Waals surface area contributed by atoms with Crippen LogP contribution in [0.25, 0.3) is 10.9 Å². The van der Waals surface area contributed by atoms with Crippen LogP contribution in [-0.4, -0.2) is 40.4 Å². The van der Waals surface area contributed by atoms with Gasteiger partial charge in [0.2, 0.25) is 0 Å². The second kappa shape index (κ2) is 4.71. The Morgan fingerprint density at radius 2 is 2.22 bits per heavy atom. The molecule has 1 atom stereocenters. The van der Waals surface area contributed by atoms with Crippen LogP contribution in [0.5, 0.6) is 0 Å². The normalized spacial score (nSPS) is 21.6. The number of hydrogen-bond acceptors (Lipinski definition) is 3. The molecule has 96 valence electrons. The second-order valence-electron chi connectivity index (χ2n) is 5.11. The minimum absolute atomic E-state index is 0.583. The zero-order valence-corrected chi connectivity index (χ0v) is 11.1. The average Bonchev–Trinajstić information content (AvgIpc) is 2.70. The highest BCUT2D eigenvalue weighted by Crippen LogP contribution is 2.20. The van der Waals surface area contributed by atoms with Gasteiger partial charge in [-0.2, -0.15) is 5.10 Å². The SMILES string of the molecule is C[C@H]1CNCCN1Cc1nn(C)c2ccccc12. The molecule has 2 aromatic rings. The van der Waals surface area contributed by atoms with Crippen LogP contribution >= 0.6 is 0 Å². The Labute approximate surface area is 108 Å². The van der Waals surface area contributed by atoms with Gasteiger partial charge in [0.25, 0.3) is 0 Å². The summed E-state index contributed by atoms with van der Waals surface area (Å²) >= 11 is 0. The molecule has 0 saturated carbocycles. The molecule has 3 rings (SSSR count). The molecule has 18 heavy (non-hydrogen) atoms. The lowest BCUT2D eigenvalue weighted by molar-refractivity contribution is 0.164. The first-order chi connectivity index (χ1) is 8.75. The van der Waals surface area contributed by atoms with Gasteiger partial charge < -0.3 is 5.32 Å². The molecule has 1 aliphatic rings. The first kappa shape index (κ1) is 11.7. The van der Waals surface area contributed by atoms with E-state index in [1.165, 1.54) is 16.6 Å². The summed E-state index contributed by atoms with van der Waals surface area (Å²) in [4.78, 5) is 2.51. The number of rotatable bonds is 2. The Bertz CT molecular complexity index is 546. The Balaban J connectivity index is 1.90. The molecule has 1 fully saturated rings. The molecule has 1 aromatic carbocycles. The highest BCUT2D eigenvalue weighted by molar-refractivity contribution is 5.81.